The molecule has 0 fully saturated rings. The van der Waals surface area contributed by atoms with E-state index in [0.29, 0.717) is 10.6 Å². The summed E-state index contributed by atoms with van der Waals surface area (Å²) in [4.78, 5) is 24.9. The summed E-state index contributed by atoms with van der Waals surface area (Å²) in [5.41, 5.74) is 8.04. The molecule has 0 saturated heterocycles. The van der Waals surface area contributed by atoms with Gasteiger partial charge in [-0.1, -0.05) is 37.3 Å². The zero-order valence-corrected chi connectivity index (χ0v) is 16.5. The molecule has 0 bridgehead atoms. The number of rotatable bonds is 8. The molecular formula is C20H21N3O2S2. The van der Waals surface area contributed by atoms with E-state index >= 15 is 0 Å². The van der Waals surface area contributed by atoms with Crippen LogP contribution in [-0.2, 0) is 11.2 Å². The van der Waals surface area contributed by atoms with Crippen LogP contribution in [-0.4, -0.2) is 18.4 Å². The highest BCUT2D eigenvalue weighted by Gasteiger charge is 2.17. The van der Waals surface area contributed by atoms with Gasteiger partial charge in [-0.2, -0.15) is 0 Å². The molecule has 2 aromatic heterocycles. The molecule has 0 radical (unpaired) electrons. The Balaban J connectivity index is 1.70. The van der Waals surface area contributed by atoms with Gasteiger partial charge in [-0.15, -0.1) is 22.7 Å². The Kier molecular flexibility index (Phi) is 6.39. The maximum atomic E-state index is 12.4. The number of nitrogens with one attached hydrogen (secondary N) is 2. The second-order valence-corrected chi connectivity index (χ2v) is 7.90. The quantitative estimate of drug-likeness (QED) is 0.539. The van der Waals surface area contributed by atoms with Crippen LogP contribution in [0.25, 0.3) is 0 Å². The largest absolute Gasteiger partial charge is 0.366 e. The van der Waals surface area contributed by atoms with Gasteiger partial charge in [0.2, 0.25) is 5.91 Å². The lowest BCUT2D eigenvalue weighted by Gasteiger charge is -2.18. The summed E-state index contributed by atoms with van der Waals surface area (Å²) in [6.07, 6.45) is 0.989. The molecule has 27 heavy (non-hydrogen) atoms. The highest BCUT2D eigenvalue weighted by atomic mass is 32.1. The topological polar surface area (TPSA) is 84.2 Å². The van der Waals surface area contributed by atoms with Crippen molar-refractivity contribution in [3.05, 3.63) is 74.8 Å². The van der Waals surface area contributed by atoms with Crippen LogP contribution in [0.1, 0.15) is 39.3 Å². The number of nitrogens with two attached hydrogens (primary N) is 1. The van der Waals surface area contributed by atoms with E-state index in [9.17, 15) is 9.59 Å². The number of primary amides is 1. The SMILES string of the molecule is CCc1ccc([C@@H](NCC(=O)Nc2sccc2C(N)=O)c2cccs2)cc1. The predicted octanol–water partition coefficient (Wildman–Crippen LogP) is 3.79. The zero-order valence-electron chi connectivity index (χ0n) is 14.9. The summed E-state index contributed by atoms with van der Waals surface area (Å²) in [7, 11) is 0. The van der Waals surface area contributed by atoms with E-state index in [1.54, 1.807) is 22.8 Å². The first kappa shape index (κ1) is 19.3. The van der Waals surface area contributed by atoms with Crippen LogP contribution < -0.4 is 16.4 Å². The lowest BCUT2D eigenvalue weighted by Crippen LogP contribution is -2.31. The molecule has 0 aliphatic rings. The average molecular weight is 400 g/mol. The third-order valence-corrected chi connectivity index (χ3v) is 5.97. The molecule has 140 valence electrons. The van der Waals surface area contributed by atoms with E-state index in [0.717, 1.165) is 16.9 Å². The Hall–Kier alpha value is -2.48. The standard InChI is InChI=1S/C20H21N3O2S2/c1-2-13-5-7-14(8-6-13)18(16-4-3-10-26-16)22-12-17(24)23-20-15(19(21)25)9-11-27-20/h3-11,18,22H,2,12H2,1H3,(H2,21,25)(H,23,24)/t18-/m1/s1. The van der Waals surface area contributed by atoms with E-state index in [1.165, 1.54) is 16.9 Å². The molecule has 1 aromatic carbocycles. The molecule has 1 atom stereocenters. The fourth-order valence-corrected chi connectivity index (χ4v) is 4.39. The van der Waals surface area contributed by atoms with Crippen molar-refractivity contribution in [3.63, 3.8) is 0 Å². The fraction of sp³-hybridized carbons (Fsp3) is 0.200. The number of hydrogen-bond acceptors (Lipinski definition) is 5. The van der Waals surface area contributed by atoms with Crippen LogP contribution in [0, 0.1) is 0 Å². The lowest BCUT2D eigenvalue weighted by molar-refractivity contribution is -0.115. The maximum absolute atomic E-state index is 12.4. The van der Waals surface area contributed by atoms with Crippen molar-refractivity contribution in [3.8, 4) is 0 Å². The van der Waals surface area contributed by atoms with Crippen LogP contribution >= 0.6 is 22.7 Å². The number of anilines is 1. The average Bonchev–Trinajstić information content (AvgIpc) is 3.34. The second kappa shape index (κ2) is 8.94. The van der Waals surface area contributed by atoms with E-state index in [2.05, 4.69) is 47.9 Å². The van der Waals surface area contributed by atoms with Gasteiger partial charge >= 0.3 is 0 Å². The van der Waals surface area contributed by atoms with Gasteiger partial charge in [-0.25, -0.2) is 0 Å². The Morgan fingerprint density at radius 1 is 1.07 bits per heavy atom. The van der Waals surface area contributed by atoms with Gasteiger partial charge in [-0.05, 0) is 40.4 Å². The van der Waals surface area contributed by atoms with Crippen LogP contribution in [0.4, 0.5) is 5.00 Å². The van der Waals surface area contributed by atoms with Crippen molar-refractivity contribution in [2.75, 3.05) is 11.9 Å². The van der Waals surface area contributed by atoms with E-state index in [-0.39, 0.29) is 18.5 Å². The molecule has 7 heteroatoms. The highest BCUT2D eigenvalue weighted by Crippen LogP contribution is 2.27. The van der Waals surface area contributed by atoms with Crippen molar-refractivity contribution in [2.45, 2.75) is 19.4 Å². The van der Waals surface area contributed by atoms with Gasteiger partial charge in [-0.3, -0.25) is 14.9 Å². The molecule has 0 aliphatic carbocycles. The Morgan fingerprint density at radius 3 is 2.48 bits per heavy atom. The Bertz CT molecular complexity index is 902. The minimum atomic E-state index is -0.549. The summed E-state index contributed by atoms with van der Waals surface area (Å²) < 4.78 is 0. The Morgan fingerprint density at radius 2 is 1.85 bits per heavy atom. The van der Waals surface area contributed by atoms with Crippen LogP contribution in [0.5, 0.6) is 0 Å². The molecule has 4 N–H and O–H groups in total. The van der Waals surface area contributed by atoms with Gasteiger partial charge < -0.3 is 11.1 Å². The monoisotopic (exact) mass is 399 g/mol. The number of amides is 2. The van der Waals surface area contributed by atoms with E-state index < -0.39 is 5.91 Å². The lowest BCUT2D eigenvalue weighted by atomic mass is 10.0. The van der Waals surface area contributed by atoms with Crippen molar-refractivity contribution in [1.82, 2.24) is 5.32 Å². The molecule has 0 spiro atoms. The Labute approximate surface area is 166 Å². The third kappa shape index (κ3) is 4.82. The number of thiophene rings is 2. The van der Waals surface area contributed by atoms with Gasteiger partial charge in [0.05, 0.1) is 18.2 Å². The molecule has 2 amide bonds. The first-order valence-electron chi connectivity index (χ1n) is 8.61. The molecule has 0 aliphatic heterocycles. The third-order valence-electron chi connectivity index (χ3n) is 4.20. The van der Waals surface area contributed by atoms with Crippen molar-refractivity contribution in [2.24, 2.45) is 5.73 Å². The number of carbonyl (C=O) groups is 2. The first-order valence-corrected chi connectivity index (χ1v) is 10.4. The predicted molar refractivity (Wildman–Crippen MR) is 111 cm³/mol. The van der Waals surface area contributed by atoms with Crippen LogP contribution in [0.15, 0.2) is 53.2 Å². The zero-order chi connectivity index (χ0) is 19.2. The van der Waals surface area contributed by atoms with Gasteiger partial charge in [0.15, 0.2) is 0 Å². The van der Waals surface area contributed by atoms with Crippen molar-refractivity contribution in [1.29, 1.82) is 0 Å². The molecule has 0 saturated carbocycles. The van der Waals surface area contributed by atoms with Crippen LogP contribution in [0.2, 0.25) is 0 Å². The summed E-state index contributed by atoms with van der Waals surface area (Å²) in [6.45, 7) is 2.24. The number of carbonyl (C=O) groups excluding carboxylic acids is 2. The smallest absolute Gasteiger partial charge is 0.251 e. The molecule has 3 rings (SSSR count). The van der Waals surface area contributed by atoms with Gasteiger partial charge in [0.25, 0.3) is 5.91 Å². The number of aryl methyl sites for hydroxylation is 1. The summed E-state index contributed by atoms with van der Waals surface area (Å²) in [5, 5.41) is 10.3. The highest BCUT2D eigenvalue weighted by molar-refractivity contribution is 7.14. The van der Waals surface area contributed by atoms with Gasteiger partial charge in [0, 0.05) is 4.88 Å². The molecule has 2 heterocycles. The van der Waals surface area contributed by atoms with Crippen molar-refractivity contribution >= 4 is 39.5 Å². The van der Waals surface area contributed by atoms with Gasteiger partial charge in [0.1, 0.15) is 5.00 Å². The fourth-order valence-electron chi connectivity index (χ4n) is 2.75. The molecule has 0 unspecified atom stereocenters. The van der Waals surface area contributed by atoms with E-state index in [4.69, 9.17) is 5.73 Å². The molecule has 5 nitrogen and oxygen atoms in total. The number of benzene rings is 1. The summed E-state index contributed by atoms with van der Waals surface area (Å²) >= 11 is 2.93. The molecule has 3 aromatic rings. The minimum absolute atomic E-state index is 0.0689. The van der Waals surface area contributed by atoms with Crippen molar-refractivity contribution < 1.29 is 9.59 Å². The summed E-state index contributed by atoms with van der Waals surface area (Å²) in [5.74, 6) is -0.765. The normalized spacial score (nSPS) is 11.9. The maximum Gasteiger partial charge on any atom is 0.251 e. The second-order valence-electron chi connectivity index (χ2n) is 6.00. The summed E-state index contributed by atoms with van der Waals surface area (Å²) in [6, 6.07) is 14.0. The van der Waals surface area contributed by atoms with Crippen LogP contribution in [0.3, 0.4) is 0 Å². The number of hydrogen-bond donors (Lipinski definition) is 3. The molecular weight excluding hydrogens is 378 g/mol. The first-order chi connectivity index (χ1) is 13.1. The minimum Gasteiger partial charge on any atom is -0.366 e. The van der Waals surface area contributed by atoms with E-state index in [1.807, 2.05) is 11.4 Å².